The van der Waals surface area contributed by atoms with Crippen molar-refractivity contribution >= 4 is 23.9 Å². The topological polar surface area (TPSA) is 64.4 Å². The number of amides is 2. The van der Waals surface area contributed by atoms with E-state index in [2.05, 4.69) is 0 Å². The number of carbonyl (C=O) groups is 2. The highest BCUT2D eigenvalue weighted by atomic mass is 35.5. The number of nitriles is 1. The molecule has 0 radical (unpaired) electrons. The maximum Gasteiger partial charge on any atom is 0.249 e. The van der Waals surface area contributed by atoms with Crippen molar-refractivity contribution in [2.45, 2.75) is 6.54 Å². The van der Waals surface area contributed by atoms with E-state index in [1.54, 1.807) is 38.4 Å². The Labute approximate surface area is 122 Å². The van der Waals surface area contributed by atoms with Crippen molar-refractivity contribution in [3.8, 4) is 6.07 Å². The van der Waals surface area contributed by atoms with Crippen LogP contribution in [-0.4, -0.2) is 36.2 Å². The Morgan fingerprint density at radius 2 is 2.05 bits per heavy atom. The Morgan fingerprint density at radius 1 is 1.40 bits per heavy atom. The SMILES string of the molecule is CN(C)C(=O)/C=C(/Cl)N(C=O)Cc1ccccc1C#N. The standard InChI is InChI=1S/C14H14ClN3O2/c1-17(2)14(20)7-13(15)18(10-19)9-12-6-4-3-5-11(12)8-16/h3-7,10H,9H2,1-2H3/b13-7-. The predicted molar refractivity (Wildman–Crippen MR) is 75.4 cm³/mol. The number of benzene rings is 1. The summed E-state index contributed by atoms with van der Waals surface area (Å²) in [4.78, 5) is 25.1. The van der Waals surface area contributed by atoms with Gasteiger partial charge in [-0.25, -0.2) is 0 Å². The van der Waals surface area contributed by atoms with Crippen LogP contribution in [0.2, 0.25) is 0 Å². The minimum atomic E-state index is -0.324. The molecule has 104 valence electrons. The summed E-state index contributed by atoms with van der Waals surface area (Å²) in [7, 11) is 3.17. The van der Waals surface area contributed by atoms with Gasteiger partial charge in [-0.2, -0.15) is 5.26 Å². The van der Waals surface area contributed by atoms with Gasteiger partial charge in [0.15, 0.2) is 0 Å². The minimum absolute atomic E-state index is 0.00597. The molecule has 0 atom stereocenters. The molecule has 0 spiro atoms. The zero-order valence-corrected chi connectivity index (χ0v) is 12.0. The van der Waals surface area contributed by atoms with Crippen molar-refractivity contribution in [3.05, 3.63) is 46.6 Å². The van der Waals surface area contributed by atoms with Crippen LogP contribution in [0, 0.1) is 11.3 Å². The largest absolute Gasteiger partial charge is 0.345 e. The predicted octanol–water partition coefficient (Wildman–Crippen LogP) is 1.69. The average Bonchev–Trinajstić information content (AvgIpc) is 2.44. The van der Waals surface area contributed by atoms with Gasteiger partial charge in [0.05, 0.1) is 18.2 Å². The molecule has 1 rings (SSSR count). The van der Waals surface area contributed by atoms with Crippen molar-refractivity contribution in [1.29, 1.82) is 5.26 Å². The number of halogens is 1. The summed E-state index contributed by atoms with van der Waals surface area (Å²) in [5.74, 6) is -0.324. The van der Waals surface area contributed by atoms with Gasteiger partial charge in [0.1, 0.15) is 5.16 Å². The van der Waals surface area contributed by atoms with Crippen LogP contribution in [0.3, 0.4) is 0 Å². The molecule has 0 aliphatic rings. The van der Waals surface area contributed by atoms with Gasteiger partial charge in [-0.15, -0.1) is 0 Å². The summed E-state index contributed by atoms with van der Waals surface area (Å²) < 4.78 is 0. The van der Waals surface area contributed by atoms with Crippen molar-refractivity contribution in [2.75, 3.05) is 14.1 Å². The molecule has 2 amide bonds. The molecule has 1 aromatic rings. The van der Waals surface area contributed by atoms with Gasteiger partial charge in [-0.1, -0.05) is 29.8 Å². The van der Waals surface area contributed by atoms with Crippen LogP contribution in [0.5, 0.6) is 0 Å². The highest BCUT2D eigenvalue weighted by molar-refractivity contribution is 6.31. The van der Waals surface area contributed by atoms with E-state index in [1.165, 1.54) is 9.80 Å². The van der Waals surface area contributed by atoms with E-state index >= 15 is 0 Å². The van der Waals surface area contributed by atoms with Gasteiger partial charge in [0.2, 0.25) is 12.3 Å². The molecular weight excluding hydrogens is 278 g/mol. The van der Waals surface area contributed by atoms with E-state index in [4.69, 9.17) is 16.9 Å². The number of hydrogen-bond acceptors (Lipinski definition) is 3. The van der Waals surface area contributed by atoms with Gasteiger partial charge in [0, 0.05) is 20.2 Å². The molecule has 5 nitrogen and oxygen atoms in total. The molecule has 0 heterocycles. The van der Waals surface area contributed by atoms with Gasteiger partial charge >= 0.3 is 0 Å². The van der Waals surface area contributed by atoms with E-state index < -0.39 is 0 Å². The lowest BCUT2D eigenvalue weighted by molar-refractivity contribution is -0.123. The van der Waals surface area contributed by atoms with Crippen LogP contribution < -0.4 is 0 Å². The van der Waals surface area contributed by atoms with E-state index in [-0.39, 0.29) is 17.6 Å². The van der Waals surface area contributed by atoms with E-state index in [0.717, 1.165) is 6.08 Å². The minimum Gasteiger partial charge on any atom is -0.345 e. The molecule has 0 saturated carbocycles. The van der Waals surface area contributed by atoms with E-state index in [9.17, 15) is 9.59 Å². The quantitative estimate of drug-likeness (QED) is 0.471. The highest BCUT2D eigenvalue weighted by Crippen LogP contribution is 2.15. The maximum absolute atomic E-state index is 11.5. The van der Waals surface area contributed by atoms with Crippen LogP contribution in [-0.2, 0) is 16.1 Å². The van der Waals surface area contributed by atoms with Crippen molar-refractivity contribution < 1.29 is 9.59 Å². The van der Waals surface area contributed by atoms with Crippen LogP contribution in [0.1, 0.15) is 11.1 Å². The molecular formula is C14H14ClN3O2. The first-order chi connectivity index (χ1) is 9.49. The van der Waals surface area contributed by atoms with Crippen LogP contribution in [0.4, 0.5) is 0 Å². The van der Waals surface area contributed by atoms with Crippen molar-refractivity contribution in [2.24, 2.45) is 0 Å². The second-order valence-corrected chi connectivity index (χ2v) is 4.59. The third-order valence-corrected chi connectivity index (χ3v) is 2.89. The van der Waals surface area contributed by atoms with Crippen molar-refractivity contribution in [3.63, 3.8) is 0 Å². The Kier molecular flexibility index (Phi) is 5.75. The second kappa shape index (κ2) is 7.31. The summed E-state index contributed by atoms with van der Waals surface area (Å²) in [6, 6.07) is 8.93. The molecule has 20 heavy (non-hydrogen) atoms. The molecule has 0 unspecified atom stereocenters. The lowest BCUT2D eigenvalue weighted by atomic mass is 10.1. The Bertz CT molecular complexity index is 576. The summed E-state index contributed by atoms with van der Waals surface area (Å²) in [5.41, 5.74) is 1.12. The monoisotopic (exact) mass is 291 g/mol. The average molecular weight is 292 g/mol. The highest BCUT2D eigenvalue weighted by Gasteiger charge is 2.12. The maximum atomic E-state index is 11.5. The fraction of sp³-hybridized carbons (Fsp3) is 0.214. The molecule has 0 bridgehead atoms. The normalized spacial score (nSPS) is 10.6. The van der Waals surface area contributed by atoms with Gasteiger partial charge in [0.25, 0.3) is 0 Å². The Morgan fingerprint density at radius 3 is 2.60 bits per heavy atom. The third-order valence-electron chi connectivity index (χ3n) is 2.56. The number of hydrogen-bond donors (Lipinski definition) is 0. The molecule has 6 heteroatoms. The number of nitrogens with zero attached hydrogens (tertiary/aromatic N) is 3. The lowest BCUT2D eigenvalue weighted by Gasteiger charge is -2.17. The molecule has 0 saturated heterocycles. The summed E-state index contributed by atoms with van der Waals surface area (Å²) in [5, 5.41) is 9.00. The second-order valence-electron chi connectivity index (χ2n) is 4.20. The Balaban J connectivity index is 2.95. The van der Waals surface area contributed by atoms with Crippen LogP contribution >= 0.6 is 11.6 Å². The molecule has 0 N–H and O–H groups in total. The third kappa shape index (κ3) is 4.11. The van der Waals surface area contributed by atoms with Gasteiger partial charge in [-0.05, 0) is 11.6 Å². The first kappa shape index (κ1) is 15.7. The first-order valence-corrected chi connectivity index (χ1v) is 6.15. The fourth-order valence-electron chi connectivity index (χ4n) is 1.43. The molecule has 0 aliphatic heterocycles. The van der Waals surface area contributed by atoms with Gasteiger partial charge < -0.3 is 9.80 Å². The lowest BCUT2D eigenvalue weighted by Crippen LogP contribution is -2.23. The smallest absolute Gasteiger partial charge is 0.249 e. The number of likely N-dealkylation sites (N-methyl/N-ethyl adjacent to an activating group) is 1. The zero-order valence-electron chi connectivity index (χ0n) is 11.2. The number of rotatable bonds is 5. The summed E-state index contributed by atoms with van der Waals surface area (Å²) >= 11 is 5.96. The van der Waals surface area contributed by atoms with Crippen LogP contribution in [0.15, 0.2) is 35.5 Å². The first-order valence-electron chi connectivity index (χ1n) is 5.78. The summed E-state index contributed by atoms with van der Waals surface area (Å²) in [6.45, 7) is 0.128. The summed E-state index contributed by atoms with van der Waals surface area (Å²) in [6.07, 6.45) is 1.68. The van der Waals surface area contributed by atoms with Gasteiger partial charge in [-0.3, -0.25) is 9.59 Å². The molecule has 0 fully saturated rings. The van der Waals surface area contributed by atoms with E-state index in [1.807, 2.05) is 6.07 Å². The number of carbonyl (C=O) groups excluding carboxylic acids is 2. The Hall–Kier alpha value is -2.32. The molecule has 0 aromatic heterocycles. The fourth-order valence-corrected chi connectivity index (χ4v) is 1.62. The van der Waals surface area contributed by atoms with E-state index in [0.29, 0.717) is 17.5 Å². The molecule has 1 aromatic carbocycles. The van der Waals surface area contributed by atoms with Crippen LogP contribution in [0.25, 0.3) is 0 Å². The molecule has 0 aliphatic carbocycles. The van der Waals surface area contributed by atoms with Crippen molar-refractivity contribution in [1.82, 2.24) is 9.80 Å². The zero-order chi connectivity index (χ0) is 15.1.